The van der Waals surface area contributed by atoms with Crippen molar-refractivity contribution in [2.24, 2.45) is 0 Å². The number of aromatic amines is 1. The van der Waals surface area contributed by atoms with Crippen LogP contribution in [-0.4, -0.2) is 25.4 Å². The lowest BCUT2D eigenvalue weighted by Crippen LogP contribution is -1.83. The largest absolute Gasteiger partial charge is 0.508 e. The summed E-state index contributed by atoms with van der Waals surface area (Å²) in [6.07, 6.45) is 0. The van der Waals surface area contributed by atoms with E-state index in [1.165, 1.54) is 0 Å². The highest BCUT2D eigenvalue weighted by Gasteiger charge is 2.08. The van der Waals surface area contributed by atoms with E-state index in [1.54, 1.807) is 36.4 Å². The van der Waals surface area contributed by atoms with Crippen molar-refractivity contribution in [2.45, 2.75) is 0 Å². The predicted octanol–water partition coefficient (Wildman–Crippen LogP) is 4.22. The van der Waals surface area contributed by atoms with Gasteiger partial charge in [0.15, 0.2) is 11.6 Å². The zero-order valence-electron chi connectivity index (χ0n) is 13.2. The third-order valence-corrected chi connectivity index (χ3v) is 3.97. The highest BCUT2D eigenvalue weighted by Crippen LogP contribution is 2.26. The van der Waals surface area contributed by atoms with Crippen LogP contribution in [0.25, 0.3) is 33.9 Å². The maximum absolute atomic E-state index is 9.37. The van der Waals surface area contributed by atoms with Crippen molar-refractivity contribution in [3.63, 3.8) is 0 Å². The minimum atomic E-state index is 0.212. The SMILES string of the molecule is Oc1ccc(-c2ccc(-c3nc(-c4ccc(O)cc4)n[nH]3)cc2)cc1. The number of benzene rings is 3. The quantitative estimate of drug-likeness (QED) is 0.526. The molecule has 4 aromatic rings. The fourth-order valence-corrected chi connectivity index (χ4v) is 2.60. The predicted molar refractivity (Wildman–Crippen MR) is 96.0 cm³/mol. The molecule has 25 heavy (non-hydrogen) atoms. The number of hydrogen-bond donors (Lipinski definition) is 3. The first kappa shape index (κ1) is 15.0. The lowest BCUT2D eigenvalue weighted by molar-refractivity contribution is 0.475. The van der Waals surface area contributed by atoms with Crippen LogP contribution in [0.5, 0.6) is 11.5 Å². The van der Waals surface area contributed by atoms with Gasteiger partial charge in [-0.05, 0) is 47.5 Å². The summed E-state index contributed by atoms with van der Waals surface area (Å²) in [5.74, 6) is 1.73. The third-order valence-electron chi connectivity index (χ3n) is 3.97. The number of nitrogens with zero attached hydrogens (tertiary/aromatic N) is 2. The minimum absolute atomic E-state index is 0.212. The molecule has 0 aliphatic heterocycles. The van der Waals surface area contributed by atoms with Crippen molar-refractivity contribution in [3.8, 4) is 45.4 Å². The first-order valence-electron chi connectivity index (χ1n) is 7.81. The van der Waals surface area contributed by atoms with E-state index >= 15 is 0 Å². The Hall–Kier alpha value is -3.60. The first-order chi connectivity index (χ1) is 12.2. The summed E-state index contributed by atoms with van der Waals surface area (Å²) in [4.78, 5) is 4.51. The second-order valence-corrected chi connectivity index (χ2v) is 5.68. The molecule has 5 heteroatoms. The summed E-state index contributed by atoms with van der Waals surface area (Å²) >= 11 is 0. The molecule has 0 radical (unpaired) electrons. The lowest BCUT2D eigenvalue weighted by atomic mass is 10.0. The number of phenolic OH excluding ortho intramolecular Hbond substituents is 2. The fraction of sp³-hybridized carbons (Fsp3) is 0. The van der Waals surface area contributed by atoms with Crippen LogP contribution in [-0.2, 0) is 0 Å². The van der Waals surface area contributed by atoms with Gasteiger partial charge >= 0.3 is 0 Å². The molecule has 0 atom stereocenters. The van der Waals surface area contributed by atoms with Gasteiger partial charge < -0.3 is 10.2 Å². The molecule has 1 heterocycles. The number of aromatic nitrogens is 3. The topological polar surface area (TPSA) is 82.0 Å². The summed E-state index contributed by atoms with van der Waals surface area (Å²) in [6, 6.07) is 21.8. The van der Waals surface area contributed by atoms with Gasteiger partial charge in [-0.15, -0.1) is 0 Å². The first-order valence-corrected chi connectivity index (χ1v) is 7.81. The summed E-state index contributed by atoms with van der Waals surface area (Å²) < 4.78 is 0. The van der Waals surface area contributed by atoms with E-state index in [1.807, 2.05) is 36.4 Å². The number of H-pyrrole nitrogens is 1. The van der Waals surface area contributed by atoms with Gasteiger partial charge in [0.25, 0.3) is 0 Å². The number of hydrogen-bond acceptors (Lipinski definition) is 4. The van der Waals surface area contributed by atoms with Crippen molar-refractivity contribution < 1.29 is 10.2 Å². The van der Waals surface area contributed by atoms with Gasteiger partial charge in [0, 0.05) is 11.1 Å². The molecule has 3 aromatic carbocycles. The molecular formula is C20H15N3O2. The van der Waals surface area contributed by atoms with Crippen molar-refractivity contribution in [1.29, 1.82) is 0 Å². The van der Waals surface area contributed by atoms with E-state index in [-0.39, 0.29) is 11.5 Å². The standard InChI is InChI=1S/C20H15N3O2/c24-17-9-5-14(6-10-17)13-1-3-15(4-2-13)19-21-20(23-22-19)16-7-11-18(25)12-8-16/h1-12,24-25H,(H,21,22,23). The molecule has 0 saturated carbocycles. The van der Waals surface area contributed by atoms with E-state index in [0.29, 0.717) is 11.6 Å². The second-order valence-electron chi connectivity index (χ2n) is 5.68. The monoisotopic (exact) mass is 329 g/mol. The average molecular weight is 329 g/mol. The van der Waals surface area contributed by atoms with Gasteiger partial charge in [0.1, 0.15) is 11.5 Å². The fourth-order valence-electron chi connectivity index (χ4n) is 2.60. The lowest BCUT2D eigenvalue weighted by Gasteiger charge is -2.03. The summed E-state index contributed by atoms with van der Waals surface area (Å²) in [7, 11) is 0. The zero-order chi connectivity index (χ0) is 17.2. The van der Waals surface area contributed by atoms with Crippen LogP contribution in [0.4, 0.5) is 0 Å². The molecule has 4 rings (SSSR count). The molecule has 122 valence electrons. The molecule has 0 amide bonds. The van der Waals surface area contributed by atoms with E-state index in [9.17, 15) is 10.2 Å². The van der Waals surface area contributed by atoms with Crippen molar-refractivity contribution in [2.75, 3.05) is 0 Å². The van der Waals surface area contributed by atoms with E-state index in [4.69, 9.17) is 0 Å². The van der Waals surface area contributed by atoms with Crippen LogP contribution >= 0.6 is 0 Å². The Kier molecular flexibility index (Phi) is 3.67. The zero-order valence-corrected chi connectivity index (χ0v) is 13.2. The van der Waals surface area contributed by atoms with E-state index in [0.717, 1.165) is 22.3 Å². The van der Waals surface area contributed by atoms with Gasteiger partial charge in [-0.3, -0.25) is 5.10 Å². The summed E-state index contributed by atoms with van der Waals surface area (Å²) in [6.45, 7) is 0. The number of nitrogens with one attached hydrogen (secondary N) is 1. The Bertz CT molecular complexity index is 989. The molecule has 0 aliphatic rings. The Morgan fingerprint density at radius 2 is 1.00 bits per heavy atom. The minimum Gasteiger partial charge on any atom is -0.508 e. The van der Waals surface area contributed by atoms with Crippen LogP contribution < -0.4 is 0 Å². The molecule has 3 N–H and O–H groups in total. The van der Waals surface area contributed by atoms with Crippen molar-refractivity contribution in [1.82, 2.24) is 15.2 Å². The van der Waals surface area contributed by atoms with Gasteiger partial charge in [-0.2, -0.15) is 5.10 Å². The van der Waals surface area contributed by atoms with E-state index in [2.05, 4.69) is 15.2 Å². The summed E-state index contributed by atoms with van der Waals surface area (Å²) in [5.41, 5.74) is 3.86. The van der Waals surface area contributed by atoms with Crippen LogP contribution in [0.1, 0.15) is 0 Å². The normalized spacial score (nSPS) is 10.7. The number of rotatable bonds is 3. The molecule has 0 bridgehead atoms. The molecule has 1 aromatic heterocycles. The Balaban J connectivity index is 1.60. The van der Waals surface area contributed by atoms with Gasteiger partial charge in [-0.25, -0.2) is 4.98 Å². The maximum Gasteiger partial charge on any atom is 0.181 e. The molecule has 0 saturated heterocycles. The molecular weight excluding hydrogens is 314 g/mol. The second kappa shape index (κ2) is 6.13. The Labute approximate surface area is 144 Å². The van der Waals surface area contributed by atoms with Crippen LogP contribution in [0.2, 0.25) is 0 Å². The van der Waals surface area contributed by atoms with E-state index < -0.39 is 0 Å². The highest BCUT2D eigenvalue weighted by atomic mass is 16.3. The Morgan fingerprint density at radius 3 is 1.56 bits per heavy atom. The number of phenols is 2. The molecule has 0 unspecified atom stereocenters. The van der Waals surface area contributed by atoms with Gasteiger partial charge in [0.05, 0.1) is 0 Å². The van der Waals surface area contributed by atoms with Crippen LogP contribution in [0, 0.1) is 0 Å². The Morgan fingerprint density at radius 1 is 0.560 bits per heavy atom. The van der Waals surface area contributed by atoms with Crippen molar-refractivity contribution in [3.05, 3.63) is 72.8 Å². The smallest absolute Gasteiger partial charge is 0.181 e. The molecule has 0 spiro atoms. The number of aromatic hydroxyl groups is 2. The van der Waals surface area contributed by atoms with Gasteiger partial charge in [-0.1, -0.05) is 36.4 Å². The van der Waals surface area contributed by atoms with Crippen LogP contribution in [0.3, 0.4) is 0 Å². The molecule has 5 nitrogen and oxygen atoms in total. The highest BCUT2D eigenvalue weighted by molar-refractivity contribution is 5.69. The third kappa shape index (κ3) is 3.07. The van der Waals surface area contributed by atoms with Crippen molar-refractivity contribution >= 4 is 0 Å². The van der Waals surface area contributed by atoms with Gasteiger partial charge in [0.2, 0.25) is 0 Å². The maximum atomic E-state index is 9.37. The molecule has 0 aliphatic carbocycles. The average Bonchev–Trinajstić information content (AvgIpc) is 3.13. The molecule has 0 fully saturated rings. The van der Waals surface area contributed by atoms with Crippen LogP contribution in [0.15, 0.2) is 72.8 Å². The summed E-state index contributed by atoms with van der Waals surface area (Å²) in [5, 5.41) is 25.9.